The molecule has 0 aromatic carbocycles. The van der Waals surface area contributed by atoms with E-state index in [4.69, 9.17) is 4.74 Å². The topological polar surface area (TPSA) is 49.8 Å². The molecule has 0 aromatic heterocycles. The summed E-state index contributed by atoms with van der Waals surface area (Å²) in [5.41, 5.74) is -0.754. The monoisotopic (exact) mass is 299 g/mol. The largest absolute Gasteiger partial charge is 0.462 e. The zero-order valence-corrected chi connectivity index (χ0v) is 14.6. The summed E-state index contributed by atoms with van der Waals surface area (Å²) in [6, 6.07) is 0. The highest BCUT2D eigenvalue weighted by molar-refractivity contribution is 5.72. The zero-order chi connectivity index (χ0) is 16.3. The Kier molecular flexibility index (Phi) is 6.23. The van der Waals surface area contributed by atoms with Gasteiger partial charge in [-0.3, -0.25) is 4.79 Å². The SMILES string of the molecule is CCCCC(CC)C(=O)OC1CC(C)(C)N(O)C(C)(C)C1. The normalized spacial score (nSPS) is 23.8. The maximum Gasteiger partial charge on any atom is 0.309 e. The van der Waals surface area contributed by atoms with E-state index in [2.05, 4.69) is 6.92 Å². The lowest BCUT2D eigenvalue weighted by molar-refractivity contribution is -0.260. The quantitative estimate of drug-likeness (QED) is 0.748. The Bertz CT molecular complexity index is 334. The molecule has 21 heavy (non-hydrogen) atoms. The number of rotatable bonds is 6. The third-order valence-corrected chi connectivity index (χ3v) is 4.62. The average Bonchev–Trinajstić information content (AvgIpc) is 2.36. The molecule has 0 aromatic rings. The van der Waals surface area contributed by atoms with Gasteiger partial charge < -0.3 is 9.94 Å². The third kappa shape index (κ3) is 4.68. The van der Waals surface area contributed by atoms with Gasteiger partial charge in [0.2, 0.25) is 0 Å². The Labute approximate surface area is 129 Å². The molecular weight excluding hydrogens is 266 g/mol. The molecule has 1 N–H and O–H groups in total. The standard InChI is InChI=1S/C17H33NO3/c1-7-9-10-13(8-2)15(19)21-14-11-16(3,4)18(20)17(5,6)12-14/h13-14,20H,7-12H2,1-6H3. The minimum Gasteiger partial charge on any atom is -0.462 e. The molecule has 1 atom stereocenters. The summed E-state index contributed by atoms with van der Waals surface area (Å²) in [6.07, 6.45) is 5.15. The Morgan fingerprint density at radius 3 is 2.19 bits per heavy atom. The van der Waals surface area contributed by atoms with Crippen LogP contribution in [0, 0.1) is 5.92 Å². The Morgan fingerprint density at radius 1 is 1.24 bits per heavy atom. The van der Waals surface area contributed by atoms with Gasteiger partial charge in [-0.2, -0.15) is 5.06 Å². The molecule has 0 amide bonds. The van der Waals surface area contributed by atoms with Gasteiger partial charge >= 0.3 is 5.97 Å². The van der Waals surface area contributed by atoms with Crippen LogP contribution in [0.1, 0.15) is 80.1 Å². The number of piperidine rings is 1. The molecule has 0 radical (unpaired) electrons. The van der Waals surface area contributed by atoms with Crippen LogP contribution in [0.3, 0.4) is 0 Å². The second-order valence-electron chi connectivity index (χ2n) is 7.65. The van der Waals surface area contributed by atoms with Gasteiger partial charge in [0, 0.05) is 23.9 Å². The zero-order valence-electron chi connectivity index (χ0n) is 14.6. The molecule has 1 saturated heterocycles. The molecule has 0 aliphatic carbocycles. The number of unbranched alkanes of at least 4 members (excludes halogenated alkanes) is 1. The van der Waals surface area contributed by atoms with Crippen LogP contribution < -0.4 is 0 Å². The number of esters is 1. The highest BCUT2D eigenvalue weighted by Crippen LogP contribution is 2.38. The maximum atomic E-state index is 12.4. The van der Waals surface area contributed by atoms with Crippen LogP contribution in [0.4, 0.5) is 0 Å². The van der Waals surface area contributed by atoms with E-state index in [1.54, 1.807) is 0 Å². The fraction of sp³-hybridized carbons (Fsp3) is 0.941. The van der Waals surface area contributed by atoms with E-state index >= 15 is 0 Å². The van der Waals surface area contributed by atoms with Gasteiger partial charge in [0.05, 0.1) is 5.92 Å². The summed E-state index contributed by atoms with van der Waals surface area (Å²) in [5, 5.41) is 11.7. The fourth-order valence-electron chi connectivity index (χ4n) is 3.46. The van der Waals surface area contributed by atoms with Gasteiger partial charge in [-0.05, 0) is 40.5 Å². The molecule has 0 spiro atoms. The van der Waals surface area contributed by atoms with Crippen molar-refractivity contribution in [3.8, 4) is 0 Å². The summed E-state index contributed by atoms with van der Waals surface area (Å²) in [7, 11) is 0. The van der Waals surface area contributed by atoms with Gasteiger partial charge in [0.1, 0.15) is 6.10 Å². The van der Waals surface area contributed by atoms with Crippen LogP contribution in [-0.2, 0) is 9.53 Å². The maximum absolute atomic E-state index is 12.4. The molecule has 1 aliphatic rings. The number of hydroxylamine groups is 2. The van der Waals surface area contributed by atoms with Gasteiger partial charge in [-0.1, -0.05) is 26.7 Å². The van der Waals surface area contributed by atoms with Gasteiger partial charge in [-0.15, -0.1) is 0 Å². The van der Waals surface area contributed by atoms with Crippen molar-refractivity contribution >= 4 is 5.97 Å². The van der Waals surface area contributed by atoms with Crippen LogP contribution in [0.5, 0.6) is 0 Å². The number of carbonyl (C=O) groups is 1. The summed E-state index contributed by atoms with van der Waals surface area (Å²) in [4.78, 5) is 12.4. The minimum atomic E-state index is -0.377. The van der Waals surface area contributed by atoms with Crippen molar-refractivity contribution in [2.45, 2.75) is 97.2 Å². The first-order valence-electron chi connectivity index (χ1n) is 8.33. The third-order valence-electron chi connectivity index (χ3n) is 4.62. The molecule has 4 nitrogen and oxygen atoms in total. The van der Waals surface area contributed by atoms with Gasteiger partial charge in [0.25, 0.3) is 0 Å². The molecular formula is C17H33NO3. The van der Waals surface area contributed by atoms with Crippen LogP contribution >= 0.6 is 0 Å². The first-order chi connectivity index (χ1) is 9.64. The van der Waals surface area contributed by atoms with Crippen molar-refractivity contribution < 1.29 is 14.7 Å². The van der Waals surface area contributed by atoms with E-state index < -0.39 is 0 Å². The van der Waals surface area contributed by atoms with Crippen molar-refractivity contribution in [1.82, 2.24) is 5.06 Å². The number of nitrogens with zero attached hydrogens (tertiary/aromatic N) is 1. The van der Waals surface area contributed by atoms with Crippen LogP contribution in [-0.4, -0.2) is 33.4 Å². The van der Waals surface area contributed by atoms with Crippen LogP contribution in [0.15, 0.2) is 0 Å². The van der Waals surface area contributed by atoms with Crippen molar-refractivity contribution in [2.75, 3.05) is 0 Å². The Balaban J connectivity index is 2.67. The molecule has 1 aliphatic heterocycles. The van der Waals surface area contributed by atoms with Crippen LogP contribution in [0.2, 0.25) is 0 Å². The van der Waals surface area contributed by atoms with E-state index in [0.717, 1.165) is 25.7 Å². The first kappa shape index (κ1) is 18.4. The second kappa shape index (κ2) is 7.10. The number of hydrogen-bond acceptors (Lipinski definition) is 4. The van der Waals surface area contributed by atoms with E-state index in [-0.39, 0.29) is 29.1 Å². The van der Waals surface area contributed by atoms with E-state index in [0.29, 0.717) is 12.8 Å². The number of hydrogen-bond donors (Lipinski definition) is 1. The summed E-state index contributed by atoms with van der Waals surface area (Å²) >= 11 is 0. The second-order valence-corrected chi connectivity index (χ2v) is 7.65. The van der Waals surface area contributed by atoms with Crippen molar-refractivity contribution in [3.05, 3.63) is 0 Å². The van der Waals surface area contributed by atoms with E-state index in [1.165, 1.54) is 5.06 Å². The molecule has 1 rings (SSSR count). The lowest BCUT2D eigenvalue weighted by Gasteiger charge is -2.51. The van der Waals surface area contributed by atoms with Crippen molar-refractivity contribution in [1.29, 1.82) is 0 Å². The van der Waals surface area contributed by atoms with Gasteiger partial charge in [-0.25, -0.2) is 0 Å². The summed E-state index contributed by atoms with van der Waals surface area (Å²) < 4.78 is 5.78. The van der Waals surface area contributed by atoms with Crippen molar-refractivity contribution in [3.63, 3.8) is 0 Å². The lowest BCUT2D eigenvalue weighted by atomic mass is 9.80. The Morgan fingerprint density at radius 2 is 1.76 bits per heavy atom. The van der Waals surface area contributed by atoms with Gasteiger partial charge in [0.15, 0.2) is 0 Å². The minimum absolute atomic E-state index is 0.0170. The molecule has 1 fully saturated rings. The molecule has 0 bridgehead atoms. The summed E-state index contributed by atoms with van der Waals surface area (Å²) in [5.74, 6) is -0.0442. The molecule has 124 valence electrons. The molecule has 1 heterocycles. The van der Waals surface area contributed by atoms with E-state index in [9.17, 15) is 10.0 Å². The van der Waals surface area contributed by atoms with E-state index in [1.807, 2.05) is 34.6 Å². The Hall–Kier alpha value is -0.610. The molecule has 0 saturated carbocycles. The predicted octanol–water partition coefficient (Wildman–Crippen LogP) is 4.16. The predicted molar refractivity (Wildman–Crippen MR) is 84.2 cm³/mol. The smallest absolute Gasteiger partial charge is 0.309 e. The molecule has 1 unspecified atom stereocenters. The highest BCUT2D eigenvalue weighted by Gasteiger charge is 2.46. The average molecular weight is 299 g/mol. The first-order valence-corrected chi connectivity index (χ1v) is 8.33. The fourth-order valence-corrected chi connectivity index (χ4v) is 3.46. The molecule has 4 heteroatoms. The highest BCUT2D eigenvalue weighted by atomic mass is 16.5. The number of ether oxygens (including phenoxy) is 1. The number of carbonyl (C=O) groups excluding carboxylic acids is 1. The lowest BCUT2D eigenvalue weighted by Crippen LogP contribution is -2.60. The van der Waals surface area contributed by atoms with Crippen molar-refractivity contribution in [2.24, 2.45) is 5.92 Å². The van der Waals surface area contributed by atoms with Crippen LogP contribution in [0.25, 0.3) is 0 Å². The summed E-state index contributed by atoms with van der Waals surface area (Å²) in [6.45, 7) is 12.1.